The van der Waals surface area contributed by atoms with E-state index in [0.29, 0.717) is 0 Å². The van der Waals surface area contributed by atoms with Gasteiger partial charge in [0.2, 0.25) is 0 Å². The highest BCUT2D eigenvalue weighted by atomic mass is 35.5. The summed E-state index contributed by atoms with van der Waals surface area (Å²) in [4.78, 5) is 0. The molecule has 0 aliphatic carbocycles. The van der Waals surface area contributed by atoms with Crippen LogP contribution in [0.15, 0.2) is 0 Å². The molecular formula is C3H9Cl2NO3. The van der Waals surface area contributed by atoms with Crippen molar-refractivity contribution in [3.63, 3.8) is 0 Å². The average Bonchev–Trinajstić information content (AvgIpc) is 1.67. The van der Waals surface area contributed by atoms with E-state index in [2.05, 4.69) is 5.32 Å². The number of rotatable bonds is 3. The van der Waals surface area contributed by atoms with Crippen LogP contribution in [0.2, 0.25) is 0 Å². The van der Waals surface area contributed by atoms with Gasteiger partial charge in [-0.25, -0.2) is 0 Å². The van der Waals surface area contributed by atoms with Gasteiger partial charge in [0.25, 0.3) is 0 Å². The predicted molar refractivity (Wildman–Crippen MR) is 35.4 cm³/mol. The van der Waals surface area contributed by atoms with Crippen molar-refractivity contribution in [1.82, 2.24) is 5.32 Å². The Balaban J connectivity index is 0. The van der Waals surface area contributed by atoms with E-state index < -0.39 is 11.1 Å². The number of halogens is 2. The predicted octanol–water partition coefficient (Wildman–Crippen LogP) is -1.18. The Hall–Kier alpha value is 0.420. The molecule has 0 aromatic carbocycles. The van der Waals surface area contributed by atoms with Crippen molar-refractivity contribution in [1.29, 1.82) is 0 Å². The maximum absolute atomic E-state index is 8.29. The fourth-order valence-corrected chi connectivity index (χ4v) is 0.291. The summed E-state index contributed by atoms with van der Waals surface area (Å²) < 4.78 is -1.41. The molecule has 9 heavy (non-hydrogen) atoms. The molecule has 0 spiro atoms. The first-order chi connectivity index (χ1) is 3.62. The van der Waals surface area contributed by atoms with Crippen LogP contribution in [0.1, 0.15) is 0 Å². The highest BCUT2D eigenvalue weighted by molar-refractivity contribution is 6.48. The summed E-state index contributed by atoms with van der Waals surface area (Å²) in [7, 11) is 0. The second-order valence-corrected chi connectivity index (χ2v) is 2.68. The van der Waals surface area contributed by atoms with Crippen LogP contribution in [0.3, 0.4) is 0 Å². The zero-order valence-electron chi connectivity index (χ0n) is 4.56. The fourth-order valence-electron chi connectivity index (χ4n) is 0.172. The molecule has 0 aliphatic heterocycles. The number of hydrogen-bond acceptors (Lipinski definition) is 3. The van der Waals surface area contributed by atoms with Crippen LogP contribution in [0.5, 0.6) is 0 Å². The molecule has 0 heterocycles. The van der Waals surface area contributed by atoms with Gasteiger partial charge in [-0.05, 0) is 0 Å². The summed E-state index contributed by atoms with van der Waals surface area (Å²) in [6.07, 6.45) is 0. The first kappa shape index (κ1) is 12.1. The molecule has 0 saturated heterocycles. The average molecular weight is 178 g/mol. The number of hydrogen-bond donors (Lipinski definition) is 3. The van der Waals surface area contributed by atoms with E-state index in [4.69, 9.17) is 33.4 Å². The molecule has 0 fully saturated rings. The molecule has 0 amide bonds. The van der Waals surface area contributed by atoms with Crippen LogP contribution in [-0.2, 0) is 0 Å². The molecule has 6 heteroatoms. The molecule has 0 radical (unpaired) electrons. The van der Waals surface area contributed by atoms with E-state index in [1.165, 1.54) is 0 Å². The van der Waals surface area contributed by atoms with Gasteiger partial charge in [-0.2, -0.15) is 0 Å². The van der Waals surface area contributed by atoms with Crippen LogP contribution >= 0.6 is 23.2 Å². The van der Waals surface area contributed by atoms with E-state index in [1.807, 2.05) is 0 Å². The fraction of sp³-hybridized carbons (Fsp3) is 1.00. The summed E-state index contributed by atoms with van der Waals surface area (Å²) in [6.45, 7) is -0.787. The Kier molecular flexibility index (Phi) is 7.04. The molecule has 0 unspecified atom stereocenters. The lowest BCUT2D eigenvalue weighted by atomic mass is 10.7. The van der Waals surface area contributed by atoms with Gasteiger partial charge in [0.1, 0.15) is 0 Å². The van der Waals surface area contributed by atoms with Gasteiger partial charge >= 0.3 is 0 Å². The summed E-state index contributed by atoms with van der Waals surface area (Å²) >= 11 is 10.5. The van der Waals surface area contributed by atoms with Crippen LogP contribution < -0.4 is 5.32 Å². The highest BCUT2D eigenvalue weighted by Gasteiger charge is 2.19. The highest BCUT2D eigenvalue weighted by Crippen LogP contribution is 2.14. The molecule has 0 saturated carbocycles. The first-order valence-electron chi connectivity index (χ1n) is 1.97. The van der Waals surface area contributed by atoms with E-state index in [-0.39, 0.29) is 12.2 Å². The molecule has 0 bridgehead atoms. The molecule has 58 valence electrons. The third-order valence-electron chi connectivity index (χ3n) is 0.536. The van der Waals surface area contributed by atoms with Crippen molar-refractivity contribution in [3.05, 3.63) is 0 Å². The monoisotopic (exact) mass is 177 g/mol. The summed E-state index contributed by atoms with van der Waals surface area (Å²) in [6, 6.07) is 0. The SMILES string of the molecule is O.OCNC(Cl)(Cl)CO. The van der Waals surface area contributed by atoms with Gasteiger partial charge < -0.3 is 15.7 Å². The Morgan fingerprint density at radius 1 is 1.33 bits per heavy atom. The quantitative estimate of drug-likeness (QED) is 0.289. The van der Waals surface area contributed by atoms with Crippen LogP contribution in [-0.4, -0.2) is 33.5 Å². The molecule has 4 nitrogen and oxygen atoms in total. The van der Waals surface area contributed by atoms with Gasteiger partial charge in [-0.15, -0.1) is 0 Å². The lowest BCUT2D eigenvalue weighted by Crippen LogP contribution is -2.38. The second kappa shape index (κ2) is 5.22. The number of aliphatic hydroxyl groups excluding tert-OH is 2. The zero-order chi connectivity index (χ0) is 6.62. The van der Waals surface area contributed by atoms with Gasteiger partial charge in [0.05, 0.1) is 13.3 Å². The Labute approximate surface area is 62.7 Å². The molecule has 0 aromatic heterocycles. The van der Waals surface area contributed by atoms with E-state index >= 15 is 0 Å². The first-order valence-corrected chi connectivity index (χ1v) is 2.72. The van der Waals surface area contributed by atoms with E-state index in [9.17, 15) is 0 Å². The normalized spacial score (nSPS) is 10.7. The second-order valence-electron chi connectivity index (χ2n) is 1.20. The minimum atomic E-state index is -1.41. The van der Waals surface area contributed by atoms with Gasteiger partial charge in [-0.3, -0.25) is 5.32 Å². The van der Waals surface area contributed by atoms with Crippen molar-refractivity contribution < 1.29 is 15.7 Å². The molecule has 0 rings (SSSR count). The lowest BCUT2D eigenvalue weighted by molar-refractivity contribution is 0.204. The molecule has 0 aliphatic rings. The maximum atomic E-state index is 8.29. The Bertz CT molecular complexity index is 70.1. The molecule has 5 N–H and O–H groups in total. The minimum Gasteiger partial charge on any atom is -0.412 e. The molecule has 0 atom stereocenters. The largest absolute Gasteiger partial charge is 0.412 e. The standard InChI is InChI=1S/C3H7Cl2NO2.H2O/c4-3(5,1-7)6-2-8;/h6-8H,1-2H2;1H2. The van der Waals surface area contributed by atoms with Crippen LogP contribution in [0, 0.1) is 0 Å². The van der Waals surface area contributed by atoms with Gasteiger partial charge in [0.15, 0.2) is 4.46 Å². The summed E-state index contributed by atoms with van der Waals surface area (Å²) in [5, 5.41) is 18.6. The van der Waals surface area contributed by atoms with Gasteiger partial charge in [0, 0.05) is 0 Å². The zero-order valence-corrected chi connectivity index (χ0v) is 6.08. The maximum Gasteiger partial charge on any atom is 0.193 e. The van der Waals surface area contributed by atoms with Crippen molar-refractivity contribution in [2.75, 3.05) is 13.3 Å². The summed E-state index contributed by atoms with van der Waals surface area (Å²) in [5.74, 6) is 0. The minimum absolute atomic E-state index is 0. The van der Waals surface area contributed by atoms with Crippen LogP contribution in [0.4, 0.5) is 0 Å². The number of alkyl halides is 2. The third-order valence-corrected chi connectivity index (χ3v) is 1.04. The van der Waals surface area contributed by atoms with E-state index in [1.54, 1.807) is 0 Å². The van der Waals surface area contributed by atoms with Crippen molar-refractivity contribution in [2.45, 2.75) is 4.46 Å². The molecular weight excluding hydrogens is 169 g/mol. The Morgan fingerprint density at radius 3 is 1.89 bits per heavy atom. The van der Waals surface area contributed by atoms with E-state index in [0.717, 1.165) is 0 Å². The van der Waals surface area contributed by atoms with Crippen molar-refractivity contribution in [3.8, 4) is 0 Å². The Morgan fingerprint density at radius 2 is 1.78 bits per heavy atom. The van der Waals surface area contributed by atoms with Gasteiger partial charge in [-0.1, -0.05) is 23.2 Å². The van der Waals surface area contributed by atoms with Crippen LogP contribution in [0.25, 0.3) is 0 Å². The summed E-state index contributed by atoms with van der Waals surface area (Å²) in [5.41, 5.74) is 0. The smallest absolute Gasteiger partial charge is 0.193 e. The van der Waals surface area contributed by atoms with Crippen molar-refractivity contribution in [2.24, 2.45) is 0 Å². The lowest BCUT2D eigenvalue weighted by Gasteiger charge is -2.15. The number of nitrogens with one attached hydrogen (secondary N) is 1. The topological polar surface area (TPSA) is 84.0 Å². The van der Waals surface area contributed by atoms with Crippen molar-refractivity contribution >= 4 is 23.2 Å². The third kappa shape index (κ3) is 6.30. The molecule has 0 aromatic rings. The number of aliphatic hydroxyl groups is 2.